The Balaban J connectivity index is 1.72. The average Bonchev–Trinajstić information content (AvgIpc) is 2.61. The minimum absolute atomic E-state index is 0.355. The molecule has 0 unspecified atom stereocenters. The van der Waals surface area contributed by atoms with E-state index in [0.29, 0.717) is 34.8 Å². The van der Waals surface area contributed by atoms with Crippen LogP contribution in [0.5, 0.6) is 5.75 Å². The first-order valence-corrected chi connectivity index (χ1v) is 7.70. The van der Waals surface area contributed by atoms with Gasteiger partial charge in [-0.15, -0.1) is 5.10 Å². The molecule has 0 saturated carbocycles. The Labute approximate surface area is 144 Å². The molecule has 7 heteroatoms. The first kappa shape index (κ1) is 16.0. The van der Waals surface area contributed by atoms with Crippen LogP contribution in [0, 0.1) is 0 Å². The number of methoxy groups -OCH3 is 1. The maximum Gasteiger partial charge on any atom is 0.249 e. The van der Waals surface area contributed by atoms with Crippen molar-refractivity contribution in [1.82, 2.24) is 15.2 Å². The van der Waals surface area contributed by atoms with E-state index in [4.69, 9.17) is 16.3 Å². The van der Waals surface area contributed by atoms with Crippen LogP contribution in [0.3, 0.4) is 0 Å². The molecule has 0 fully saturated rings. The van der Waals surface area contributed by atoms with Crippen molar-refractivity contribution < 1.29 is 4.74 Å². The number of ether oxygens (including phenoxy) is 1. The van der Waals surface area contributed by atoms with Crippen molar-refractivity contribution in [1.29, 1.82) is 0 Å². The number of hydrogen-bond acceptors (Lipinski definition) is 6. The number of nitrogens with one attached hydrogen (secondary N) is 2. The molecular formula is C17H16ClN5O. The molecule has 1 heterocycles. The van der Waals surface area contributed by atoms with Gasteiger partial charge >= 0.3 is 0 Å². The van der Waals surface area contributed by atoms with Crippen molar-refractivity contribution in [3.05, 3.63) is 65.3 Å². The van der Waals surface area contributed by atoms with Crippen LogP contribution in [-0.2, 0) is 6.54 Å². The zero-order valence-corrected chi connectivity index (χ0v) is 13.8. The Morgan fingerprint density at radius 1 is 1.12 bits per heavy atom. The Kier molecular flexibility index (Phi) is 5.08. The van der Waals surface area contributed by atoms with Crippen molar-refractivity contribution in [2.45, 2.75) is 6.54 Å². The van der Waals surface area contributed by atoms with Crippen LogP contribution in [0.25, 0.3) is 0 Å². The summed E-state index contributed by atoms with van der Waals surface area (Å²) in [5.74, 6) is 1.62. The SMILES string of the molecule is COc1ccc(Cl)cc1Nc1nncc(NCc2ccccc2)n1. The van der Waals surface area contributed by atoms with Gasteiger partial charge in [0, 0.05) is 11.6 Å². The van der Waals surface area contributed by atoms with E-state index >= 15 is 0 Å². The second-order valence-electron chi connectivity index (χ2n) is 4.97. The number of rotatable bonds is 6. The molecule has 6 nitrogen and oxygen atoms in total. The second kappa shape index (κ2) is 7.61. The summed E-state index contributed by atoms with van der Waals surface area (Å²) >= 11 is 6.02. The summed E-state index contributed by atoms with van der Waals surface area (Å²) in [6, 6.07) is 15.3. The minimum Gasteiger partial charge on any atom is -0.495 e. The van der Waals surface area contributed by atoms with Crippen molar-refractivity contribution in [3.8, 4) is 5.75 Å². The number of hydrogen-bond donors (Lipinski definition) is 2. The van der Waals surface area contributed by atoms with Gasteiger partial charge in [-0.3, -0.25) is 0 Å². The van der Waals surface area contributed by atoms with E-state index in [0.717, 1.165) is 5.56 Å². The number of halogens is 1. The largest absolute Gasteiger partial charge is 0.495 e. The zero-order chi connectivity index (χ0) is 16.8. The van der Waals surface area contributed by atoms with Gasteiger partial charge in [-0.05, 0) is 23.8 Å². The lowest BCUT2D eigenvalue weighted by atomic mass is 10.2. The molecule has 0 aliphatic rings. The van der Waals surface area contributed by atoms with Crippen LogP contribution >= 0.6 is 11.6 Å². The summed E-state index contributed by atoms with van der Waals surface area (Å²) in [6.45, 7) is 0.652. The van der Waals surface area contributed by atoms with E-state index in [1.165, 1.54) is 0 Å². The molecule has 2 N–H and O–H groups in total. The topological polar surface area (TPSA) is 72.0 Å². The predicted molar refractivity (Wildman–Crippen MR) is 94.9 cm³/mol. The minimum atomic E-state index is 0.355. The first-order valence-electron chi connectivity index (χ1n) is 7.32. The maximum absolute atomic E-state index is 6.02. The molecule has 0 amide bonds. The van der Waals surface area contributed by atoms with E-state index in [1.54, 1.807) is 31.5 Å². The summed E-state index contributed by atoms with van der Waals surface area (Å²) < 4.78 is 5.30. The van der Waals surface area contributed by atoms with Crippen LogP contribution in [0.1, 0.15) is 5.56 Å². The molecule has 0 aliphatic heterocycles. The molecule has 24 heavy (non-hydrogen) atoms. The fraction of sp³-hybridized carbons (Fsp3) is 0.118. The lowest BCUT2D eigenvalue weighted by molar-refractivity contribution is 0.417. The van der Waals surface area contributed by atoms with Gasteiger partial charge in [0.15, 0.2) is 5.82 Å². The highest BCUT2D eigenvalue weighted by Gasteiger charge is 2.07. The molecule has 0 radical (unpaired) electrons. The van der Waals surface area contributed by atoms with Crippen LogP contribution in [0.2, 0.25) is 5.02 Å². The third-order valence-corrected chi connectivity index (χ3v) is 3.52. The van der Waals surface area contributed by atoms with Gasteiger partial charge in [-0.25, -0.2) is 0 Å². The molecule has 0 bridgehead atoms. The maximum atomic E-state index is 6.02. The first-order chi connectivity index (χ1) is 11.7. The Bertz CT molecular complexity index is 813. The van der Waals surface area contributed by atoms with E-state index in [9.17, 15) is 0 Å². The summed E-state index contributed by atoms with van der Waals surface area (Å²) in [4.78, 5) is 4.39. The zero-order valence-electron chi connectivity index (χ0n) is 13.0. The average molecular weight is 342 g/mol. The van der Waals surface area contributed by atoms with E-state index in [1.807, 2.05) is 30.3 Å². The van der Waals surface area contributed by atoms with Gasteiger partial charge in [0.1, 0.15) is 5.75 Å². The van der Waals surface area contributed by atoms with Crippen molar-refractivity contribution >= 4 is 29.1 Å². The van der Waals surface area contributed by atoms with Crippen LogP contribution in [0.15, 0.2) is 54.7 Å². The molecule has 0 aliphatic carbocycles. The predicted octanol–water partition coefficient (Wildman–Crippen LogP) is 3.89. The van der Waals surface area contributed by atoms with E-state index < -0.39 is 0 Å². The molecule has 2 aromatic carbocycles. The van der Waals surface area contributed by atoms with Crippen molar-refractivity contribution in [3.63, 3.8) is 0 Å². The molecule has 0 atom stereocenters. The smallest absolute Gasteiger partial charge is 0.249 e. The molecule has 3 rings (SSSR count). The summed E-state index contributed by atoms with van der Waals surface area (Å²) in [5.41, 5.74) is 1.83. The number of anilines is 3. The normalized spacial score (nSPS) is 10.2. The third kappa shape index (κ3) is 4.11. The van der Waals surface area contributed by atoms with Crippen molar-refractivity contribution in [2.24, 2.45) is 0 Å². The third-order valence-electron chi connectivity index (χ3n) is 3.28. The number of benzene rings is 2. The number of nitrogens with zero attached hydrogens (tertiary/aromatic N) is 3. The highest BCUT2D eigenvalue weighted by molar-refractivity contribution is 6.30. The quantitative estimate of drug-likeness (QED) is 0.708. The number of aromatic nitrogens is 3. The van der Waals surface area contributed by atoms with Crippen LogP contribution in [0.4, 0.5) is 17.5 Å². The summed E-state index contributed by atoms with van der Waals surface area (Å²) in [6.07, 6.45) is 1.57. The van der Waals surface area contributed by atoms with Gasteiger partial charge in [0.2, 0.25) is 5.95 Å². The van der Waals surface area contributed by atoms with Gasteiger partial charge in [0.05, 0.1) is 19.0 Å². The second-order valence-corrected chi connectivity index (χ2v) is 5.41. The van der Waals surface area contributed by atoms with Crippen LogP contribution < -0.4 is 15.4 Å². The van der Waals surface area contributed by atoms with Gasteiger partial charge in [-0.2, -0.15) is 10.1 Å². The fourth-order valence-electron chi connectivity index (χ4n) is 2.13. The van der Waals surface area contributed by atoms with Gasteiger partial charge in [-0.1, -0.05) is 41.9 Å². The summed E-state index contributed by atoms with van der Waals surface area (Å²) in [5, 5.41) is 14.8. The molecular weight excluding hydrogens is 326 g/mol. The lowest BCUT2D eigenvalue weighted by Gasteiger charge is -2.11. The van der Waals surface area contributed by atoms with Crippen LogP contribution in [-0.4, -0.2) is 22.3 Å². The lowest BCUT2D eigenvalue weighted by Crippen LogP contribution is -2.06. The van der Waals surface area contributed by atoms with Gasteiger partial charge in [0.25, 0.3) is 0 Å². The Morgan fingerprint density at radius 3 is 2.75 bits per heavy atom. The van der Waals surface area contributed by atoms with E-state index in [2.05, 4.69) is 25.8 Å². The van der Waals surface area contributed by atoms with E-state index in [-0.39, 0.29) is 0 Å². The molecule has 1 aromatic heterocycles. The standard InChI is InChI=1S/C17H16ClN5O/c1-24-15-8-7-13(18)9-14(15)21-17-22-16(11-20-23-17)19-10-12-5-3-2-4-6-12/h2-9,11H,10H2,1H3,(H2,19,21,22,23). The highest BCUT2D eigenvalue weighted by Crippen LogP contribution is 2.29. The van der Waals surface area contributed by atoms with Gasteiger partial charge < -0.3 is 15.4 Å². The van der Waals surface area contributed by atoms with Crippen molar-refractivity contribution in [2.75, 3.05) is 17.7 Å². The molecule has 0 spiro atoms. The molecule has 122 valence electrons. The molecule has 0 saturated heterocycles. The Hall–Kier alpha value is -2.86. The highest BCUT2D eigenvalue weighted by atomic mass is 35.5. The summed E-state index contributed by atoms with van der Waals surface area (Å²) in [7, 11) is 1.59. The Morgan fingerprint density at radius 2 is 1.96 bits per heavy atom. The molecule has 3 aromatic rings. The monoisotopic (exact) mass is 341 g/mol. The fourth-order valence-corrected chi connectivity index (χ4v) is 2.30.